The second kappa shape index (κ2) is 4.14. The van der Waals surface area contributed by atoms with Gasteiger partial charge in [0.05, 0.1) is 12.0 Å². The number of phenolic OH excluding ortho intramolecular Hbond substituents is 1. The van der Waals surface area contributed by atoms with Crippen LogP contribution in [-0.2, 0) is 11.2 Å². The van der Waals surface area contributed by atoms with Gasteiger partial charge in [-0.15, -0.1) is 0 Å². The Morgan fingerprint density at radius 2 is 2.25 bits per heavy atom. The number of nitrogens with one attached hydrogen (secondary N) is 1. The molecule has 1 aliphatic carbocycles. The Labute approximate surface area is 94.5 Å². The number of carbonyl (C=O) groups is 1. The highest BCUT2D eigenvalue weighted by molar-refractivity contribution is 5.79. The highest BCUT2D eigenvalue weighted by Gasteiger charge is 2.42. The molecule has 1 aromatic carbocycles. The molecule has 0 heterocycles. The van der Waals surface area contributed by atoms with E-state index in [0.29, 0.717) is 6.54 Å². The summed E-state index contributed by atoms with van der Waals surface area (Å²) in [5.74, 6) is 0.152. The van der Waals surface area contributed by atoms with Crippen molar-refractivity contribution in [1.82, 2.24) is 5.32 Å². The van der Waals surface area contributed by atoms with E-state index in [2.05, 4.69) is 5.32 Å². The number of phenols is 1. The third-order valence-corrected chi connectivity index (χ3v) is 2.92. The van der Waals surface area contributed by atoms with E-state index < -0.39 is 0 Å². The average molecular weight is 220 g/mol. The van der Waals surface area contributed by atoms with Crippen molar-refractivity contribution < 1.29 is 9.90 Å². The summed E-state index contributed by atoms with van der Waals surface area (Å²) in [6.45, 7) is 0.499. The van der Waals surface area contributed by atoms with Crippen LogP contribution < -0.4 is 11.1 Å². The molecule has 4 heteroatoms. The first-order valence-electron chi connectivity index (χ1n) is 5.43. The van der Waals surface area contributed by atoms with Crippen LogP contribution in [0.15, 0.2) is 24.3 Å². The summed E-state index contributed by atoms with van der Waals surface area (Å²) < 4.78 is 0. The number of hydrogen-bond acceptors (Lipinski definition) is 3. The summed E-state index contributed by atoms with van der Waals surface area (Å²) in [5, 5.41) is 12.2. The van der Waals surface area contributed by atoms with Gasteiger partial charge in [-0.25, -0.2) is 0 Å². The van der Waals surface area contributed by atoms with Gasteiger partial charge in [-0.3, -0.25) is 4.79 Å². The maximum atomic E-state index is 11.7. The Morgan fingerprint density at radius 3 is 2.81 bits per heavy atom. The average Bonchev–Trinajstić information content (AvgIpc) is 2.98. The number of aromatic hydroxyl groups is 1. The van der Waals surface area contributed by atoms with Crippen LogP contribution in [0.1, 0.15) is 18.4 Å². The van der Waals surface area contributed by atoms with Crippen molar-refractivity contribution in [1.29, 1.82) is 0 Å². The van der Waals surface area contributed by atoms with Gasteiger partial charge in [0.1, 0.15) is 5.75 Å². The number of rotatable bonds is 4. The van der Waals surface area contributed by atoms with E-state index >= 15 is 0 Å². The van der Waals surface area contributed by atoms with E-state index in [1.165, 1.54) is 0 Å². The number of hydrogen-bond donors (Lipinski definition) is 3. The van der Waals surface area contributed by atoms with Crippen molar-refractivity contribution in [2.75, 3.05) is 6.54 Å². The Bertz CT molecular complexity index is 400. The van der Waals surface area contributed by atoms with Gasteiger partial charge in [0.15, 0.2) is 0 Å². The third-order valence-electron chi connectivity index (χ3n) is 2.92. The first kappa shape index (κ1) is 11.0. The number of amides is 1. The summed E-state index contributed by atoms with van der Waals surface area (Å²) >= 11 is 0. The smallest absolute Gasteiger partial charge is 0.224 e. The summed E-state index contributed by atoms with van der Waals surface area (Å²) in [4.78, 5) is 11.7. The molecule has 1 amide bonds. The van der Waals surface area contributed by atoms with Crippen LogP contribution in [0.3, 0.4) is 0 Å². The molecule has 0 spiro atoms. The molecular weight excluding hydrogens is 204 g/mol. The standard InChI is InChI=1S/C12H16N2O2/c13-8-12(4-5-12)14-11(16)7-9-2-1-3-10(15)6-9/h1-3,6,15H,4-5,7-8,13H2,(H,14,16). The van der Waals surface area contributed by atoms with Gasteiger partial charge in [0, 0.05) is 6.54 Å². The summed E-state index contributed by atoms with van der Waals surface area (Å²) in [6, 6.07) is 6.74. The molecule has 1 saturated carbocycles. The first-order valence-corrected chi connectivity index (χ1v) is 5.43. The van der Waals surface area contributed by atoms with E-state index in [0.717, 1.165) is 18.4 Å². The van der Waals surface area contributed by atoms with Crippen molar-refractivity contribution in [2.45, 2.75) is 24.8 Å². The van der Waals surface area contributed by atoms with E-state index in [-0.39, 0.29) is 23.6 Å². The maximum Gasteiger partial charge on any atom is 0.224 e. The van der Waals surface area contributed by atoms with Gasteiger partial charge in [0.25, 0.3) is 0 Å². The van der Waals surface area contributed by atoms with Crippen molar-refractivity contribution in [3.8, 4) is 5.75 Å². The zero-order valence-corrected chi connectivity index (χ0v) is 9.07. The maximum absolute atomic E-state index is 11.7. The van der Waals surface area contributed by atoms with Crippen LogP contribution in [-0.4, -0.2) is 23.1 Å². The molecule has 0 aromatic heterocycles. The first-order chi connectivity index (χ1) is 7.63. The van der Waals surface area contributed by atoms with E-state index in [9.17, 15) is 9.90 Å². The Morgan fingerprint density at radius 1 is 1.50 bits per heavy atom. The van der Waals surface area contributed by atoms with Crippen molar-refractivity contribution in [2.24, 2.45) is 5.73 Å². The second-order valence-corrected chi connectivity index (χ2v) is 4.38. The van der Waals surface area contributed by atoms with Crippen molar-refractivity contribution >= 4 is 5.91 Å². The molecule has 0 unspecified atom stereocenters. The molecule has 0 atom stereocenters. The molecule has 0 bridgehead atoms. The molecule has 0 aliphatic heterocycles. The van der Waals surface area contributed by atoms with Crippen LogP contribution >= 0.6 is 0 Å². The van der Waals surface area contributed by atoms with Crippen molar-refractivity contribution in [3.05, 3.63) is 29.8 Å². The van der Waals surface area contributed by atoms with Gasteiger partial charge in [-0.05, 0) is 30.5 Å². The largest absolute Gasteiger partial charge is 0.508 e. The monoisotopic (exact) mass is 220 g/mol. The molecule has 16 heavy (non-hydrogen) atoms. The van der Waals surface area contributed by atoms with E-state index in [1.54, 1.807) is 18.2 Å². The summed E-state index contributed by atoms with van der Waals surface area (Å²) in [7, 11) is 0. The van der Waals surface area contributed by atoms with E-state index in [4.69, 9.17) is 5.73 Å². The summed E-state index contributed by atoms with van der Waals surface area (Å²) in [5.41, 5.74) is 6.25. The van der Waals surface area contributed by atoms with Crippen LogP contribution in [0.4, 0.5) is 0 Å². The topological polar surface area (TPSA) is 75.3 Å². The van der Waals surface area contributed by atoms with E-state index in [1.807, 2.05) is 6.07 Å². The van der Waals surface area contributed by atoms with Crippen LogP contribution in [0.2, 0.25) is 0 Å². The molecular formula is C12H16N2O2. The fourth-order valence-corrected chi connectivity index (χ4v) is 1.72. The van der Waals surface area contributed by atoms with Gasteiger partial charge < -0.3 is 16.2 Å². The zero-order valence-electron chi connectivity index (χ0n) is 9.07. The third kappa shape index (κ3) is 2.52. The Hall–Kier alpha value is -1.55. The molecule has 0 saturated heterocycles. The van der Waals surface area contributed by atoms with Gasteiger partial charge in [-0.2, -0.15) is 0 Å². The highest BCUT2D eigenvalue weighted by Crippen LogP contribution is 2.33. The Kier molecular flexibility index (Phi) is 2.83. The lowest BCUT2D eigenvalue weighted by Gasteiger charge is -2.14. The number of nitrogens with two attached hydrogens (primary N) is 1. The number of benzene rings is 1. The predicted molar refractivity (Wildman–Crippen MR) is 61.0 cm³/mol. The van der Waals surface area contributed by atoms with Crippen molar-refractivity contribution in [3.63, 3.8) is 0 Å². The highest BCUT2D eigenvalue weighted by atomic mass is 16.3. The fraction of sp³-hybridized carbons (Fsp3) is 0.417. The van der Waals surface area contributed by atoms with Crippen LogP contribution in [0.5, 0.6) is 5.75 Å². The molecule has 1 aliphatic rings. The normalized spacial score (nSPS) is 16.8. The minimum atomic E-state index is -0.145. The van der Waals surface area contributed by atoms with Gasteiger partial charge >= 0.3 is 0 Å². The summed E-state index contributed by atoms with van der Waals surface area (Å²) in [6.07, 6.45) is 2.22. The molecule has 1 aromatic rings. The lowest BCUT2D eigenvalue weighted by Crippen LogP contribution is -2.43. The molecule has 1 fully saturated rings. The lowest BCUT2D eigenvalue weighted by atomic mass is 10.1. The quantitative estimate of drug-likeness (QED) is 0.693. The SMILES string of the molecule is NCC1(NC(=O)Cc2cccc(O)c2)CC1. The van der Waals surface area contributed by atoms with Crippen LogP contribution in [0, 0.1) is 0 Å². The molecule has 4 nitrogen and oxygen atoms in total. The van der Waals surface area contributed by atoms with Crippen LogP contribution in [0.25, 0.3) is 0 Å². The van der Waals surface area contributed by atoms with Gasteiger partial charge in [0.2, 0.25) is 5.91 Å². The minimum absolute atomic E-state index is 0.0337. The molecule has 0 radical (unpaired) electrons. The second-order valence-electron chi connectivity index (χ2n) is 4.38. The number of carbonyl (C=O) groups excluding carboxylic acids is 1. The van der Waals surface area contributed by atoms with Gasteiger partial charge in [-0.1, -0.05) is 12.1 Å². The molecule has 86 valence electrons. The zero-order chi connectivity index (χ0) is 11.6. The lowest BCUT2D eigenvalue weighted by molar-refractivity contribution is -0.121. The fourth-order valence-electron chi connectivity index (χ4n) is 1.72. The predicted octanol–water partition coefficient (Wildman–Crippen LogP) is 0.542. The Balaban J connectivity index is 1.92. The molecule has 2 rings (SSSR count). The molecule has 4 N–H and O–H groups in total. The minimum Gasteiger partial charge on any atom is -0.508 e.